The van der Waals surface area contributed by atoms with Gasteiger partial charge in [-0.3, -0.25) is 9.69 Å². The summed E-state index contributed by atoms with van der Waals surface area (Å²) in [7, 11) is 1.91. The van der Waals surface area contributed by atoms with Crippen molar-refractivity contribution >= 4 is 5.91 Å². The fourth-order valence-electron chi connectivity index (χ4n) is 1.67. The molecule has 0 aliphatic carbocycles. The molecule has 0 aliphatic rings. The summed E-state index contributed by atoms with van der Waals surface area (Å²) in [5.41, 5.74) is 0.823. The molecule has 0 spiro atoms. The number of amides is 1. The number of nitrogens with zero attached hydrogens (tertiary/aromatic N) is 2. The first kappa shape index (κ1) is 14.6. The maximum atomic E-state index is 13.1. The van der Waals surface area contributed by atoms with Crippen LogP contribution in [0.15, 0.2) is 24.3 Å². The molecule has 0 bridgehead atoms. The minimum Gasteiger partial charge on any atom is -0.338 e. The maximum Gasteiger partial charge on any atom is 0.237 e. The van der Waals surface area contributed by atoms with Crippen LogP contribution in [0.25, 0.3) is 0 Å². The fraction of sp³-hybridized carbons (Fsp3) is 0.500. The fourth-order valence-corrected chi connectivity index (χ4v) is 1.67. The number of carbonyl (C=O) groups excluding carboxylic acids is 1. The maximum absolute atomic E-state index is 13.1. The van der Waals surface area contributed by atoms with Gasteiger partial charge in [-0.15, -0.1) is 0 Å². The van der Waals surface area contributed by atoms with E-state index in [1.165, 1.54) is 12.1 Å². The highest BCUT2D eigenvalue weighted by molar-refractivity contribution is 5.78. The quantitative estimate of drug-likeness (QED) is 0.774. The third-order valence-electron chi connectivity index (χ3n) is 2.94. The van der Waals surface area contributed by atoms with Crippen molar-refractivity contribution in [3.8, 4) is 0 Å². The second kappa shape index (κ2) is 7.11. The van der Waals surface area contributed by atoms with Gasteiger partial charge in [-0.25, -0.2) is 4.39 Å². The third-order valence-corrected chi connectivity index (χ3v) is 2.94. The van der Waals surface area contributed by atoms with Gasteiger partial charge in [-0.2, -0.15) is 0 Å². The molecule has 0 aromatic heterocycles. The molecule has 3 nitrogen and oxygen atoms in total. The molecule has 1 aromatic rings. The molecule has 0 atom stereocenters. The van der Waals surface area contributed by atoms with E-state index in [-0.39, 0.29) is 11.7 Å². The van der Waals surface area contributed by atoms with Crippen LogP contribution in [-0.2, 0) is 11.3 Å². The lowest BCUT2D eigenvalue weighted by molar-refractivity contribution is -0.132. The van der Waals surface area contributed by atoms with Gasteiger partial charge >= 0.3 is 0 Å². The largest absolute Gasteiger partial charge is 0.338 e. The van der Waals surface area contributed by atoms with Crippen LogP contribution >= 0.6 is 0 Å². The van der Waals surface area contributed by atoms with Crippen LogP contribution < -0.4 is 0 Å². The van der Waals surface area contributed by atoms with Crippen molar-refractivity contribution in [2.75, 3.05) is 26.7 Å². The Bertz CT molecular complexity index is 395. The molecule has 0 N–H and O–H groups in total. The van der Waals surface area contributed by atoms with E-state index >= 15 is 0 Å². The summed E-state index contributed by atoms with van der Waals surface area (Å²) in [6.45, 7) is 6.28. The van der Waals surface area contributed by atoms with Crippen LogP contribution in [-0.4, -0.2) is 42.4 Å². The Morgan fingerprint density at radius 1 is 1.28 bits per heavy atom. The highest BCUT2D eigenvalue weighted by Gasteiger charge is 2.13. The minimum absolute atomic E-state index is 0.0751. The Labute approximate surface area is 108 Å². The zero-order valence-corrected chi connectivity index (χ0v) is 11.3. The number of hydrogen-bond donors (Lipinski definition) is 0. The van der Waals surface area contributed by atoms with Crippen LogP contribution in [0, 0.1) is 5.82 Å². The summed E-state index contributed by atoms with van der Waals surface area (Å²) in [4.78, 5) is 15.7. The number of carbonyl (C=O) groups is 1. The Morgan fingerprint density at radius 3 is 2.56 bits per heavy atom. The van der Waals surface area contributed by atoms with Gasteiger partial charge in [0.15, 0.2) is 0 Å². The van der Waals surface area contributed by atoms with E-state index in [2.05, 4.69) is 0 Å². The number of rotatable bonds is 6. The van der Waals surface area contributed by atoms with Crippen LogP contribution in [0.1, 0.15) is 19.4 Å². The summed E-state index contributed by atoms with van der Waals surface area (Å²) < 4.78 is 13.1. The smallest absolute Gasteiger partial charge is 0.237 e. The topological polar surface area (TPSA) is 23.6 Å². The SMILES string of the molecule is CCN(C)CC(=O)N(CC)Cc1cccc(F)c1. The normalized spacial score (nSPS) is 10.7. The first-order chi connectivity index (χ1) is 8.56. The monoisotopic (exact) mass is 252 g/mol. The van der Waals surface area contributed by atoms with Crippen molar-refractivity contribution in [3.63, 3.8) is 0 Å². The molecule has 0 unspecified atom stereocenters. The first-order valence-corrected chi connectivity index (χ1v) is 6.27. The highest BCUT2D eigenvalue weighted by atomic mass is 19.1. The molecule has 0 saturated carbocycles. The number of likely N-dealkylation sites (N-methyl/N-ethyl adjacent to an activating group) is 2. The molecule has 0 heterocycles. The standard InChI is InChI=1S/C14H21FN2O/c1-4-16(3)11-14(18)17(5-2)10-12-7-6-8-13(15)9-12/h6-9H,4-5,10-11H2,1-3H3. The number of halogens is 1. The summed E-state index contributed by atoms with van der Waals surface area (Å²) in [6, 6.07) is 6.38. The predicted molar refractivity (Wildman–Crippen MR) is 70.7 cm³/mol. The second-order valence-corrected chi connectivity index (χ2v) is 4.37. The lowest BCUT2D eigenvalue weighted by Crippen LogP contribution is -2.38. The third kappa shape index (κ3) is 4.45. The van der Waals surface area contributed by atoms with Crippen LogP contribution in [0.2, 0.25) is 0 Å². The zero-order valence-electron chi connectivity index (χ0n) is 11.3. The number of hydrogen-bond acceptors (Lipinski definition) is 2. The molecule has 0 saturated heterocycles. The van der Waals surface area contributed by atoms with Gasteiger partial charge < -0.3 is 4.90 Å². The van der Waals surface area contributed by atoms with Crippen molar-refractivity contribution in [1.29, 1.82) is 0 Å². The Hall–Kier alpha value is -1.42. The molecule has 100 valence electrons. The lowest BCUT2D eigenvalue weighted by atomic mass is 10.2. The minimum atomic E-state index is -0.262. The van der Waals surface area contributed by atoms with Crippen LogP contribution in [0.5, 0.6) is 0 Å². The summed E-state index contributed by atoms with van der Waals surface area (Å²) >= 11 is 0. The lowest BCUT2D eigenvalue weighted by Gasteiger charge is -2.23. The van der Waals surface area contributed by atoms with E-state index in [0.717, 1.165) is 12.1 Å². The molecule has 0 radical (unpaired) electrons. The van der Waals surface area contributed by atoms with Gasteiger partial charge in [0.1, 0.15) is 5.82 Å². The Morgan fingerprint density at radius 2 is 2.00 bits per heavy atom. The van der Waals surface area contributed by atoms with Crippen molar-refractivity contribution in [2.45, 2.75) is 20.4 Å². The average molecular weight is 252 g/mol. The van der Waals surface area contributed by atoms with Crippen molar-refractivity contribution in [2.24, 2.45) is 0 Å². The average Bonchev–Trinajstić information content (AvgIpc) is 2.35. The summed E-state index contributed by atoms with van der Waals surface area (Å²) in [5.74, 6) is -0.187. The predicted octanol–water partition coefficient (Wildman–Crippen LogP) is 2.13. The van der Waals surface area contributed by atoms with Crippen molar-refractivity contribution < 1.29 is 9.18 Å². The molecule has 1 amide bonds. The van der Waals surface area contributed by atoms with E-state index < -0.39 is 0 Å². The highest BCUT2D eigenvalue weighted by Crippen LogP contribution is 2.07. The molecular weight excluding hydrogens is 231 g/mol. The van der Waals surface area contributed by atoms with Crippen molar-refractivity contribution in [3.05, 3.63) is 35.6 Å². The van der Waals surface area contributed by atoms with E-state index in [4.69, 9.17) is 0 Å². The first-order valence-electron chi connectivity index (χ1n) is 6.27. The van der Waals surface area contributed by atoms with Gasteiger partial charge in [0, 0.05) is 13.1 Å². The molecule has 0 fully saturated rings. The van der Waals surface area contributed by atoms with Gasteiger partial charge in [-0.05, 0) is 38.2 Å². The van der Waals surface area contributed by atoms with Gasteiger partial charge in [0.05, 0.1) is 6.54 Å². The van der Waals surface area contributed by atoms with E-state index in [1.54, 1.807) is 11.0 Å². The van der Waals surface area contributed by atoms with E-state index in [1.807, 2.05) is 31.9 Å². The van der Waals surface area contributed by atoms with Crippen LogP contribution in [0.4, 0.5) is 4.39 Å². The molecule has 0 aliphatic heterocycles. The summed E-state index contributed by atoms with van der Waals surface area (Å²) in [6.07, 6.45) is 0. The molecular formula is C14H21FN2O. The number of benzene rings is 1. The second-order valence-electron chi connectivity index (χ2n) is 4.37. The molecule has 1 aromatic carbocycles. The van der Waals surface area contributed by atoms with Crippen molar-refractivity contribution in [1.82, 2.24) is 9.80 Å². The van der Waals surface area contributed by atoms with E-state index in [0.29, 0.717) is 19.6 Å². The molecule has 1 rings (SSSR count). The van der Waals surface area contributed by atoms with E-state index in [9.17, 15) is 9.18 Å². The summed E-state index contributed by atoms with van der Waals surface area (Å²) in [5, 5.41) is 0. The van der Waals surface area contributed by atoms with Crippen LogP contribution in [0.3, 0.4) is 0 Å². The van der Waals surface area contributed by atoms with Gasteiger partial charge in [0.25, 0.3) is 0 Å². The zero-order chi connectivity index (χ0) is 13.5. The molecule has 4 heteroatoms. The van der Waals surface area contributed by atoms with Gasteiger partial charge in [0.2, 0.25) is 5.91 Å². The Balaban J connectivity index is 2.64. The Kier molecular flexibility index (Phi) is 5.78. The molecule has 18 heavy (non-hydrogen) atoms. The van der Waals surface area contributed by atoms with Gasteiger partial charge in [-0.1, -0.05) is 19.1 Å².